The number of hydrogen-bond acceptors (Lipinski definition) is 2. The SMILES string of the molecule is CN=C(NC1CCN(C(C)c2ccccc2)CC1)NC1CC1c1ccccc1F.I. The Hall–Kier alpha value is -1.67. The van der Waals surface area contributed by atoms with Gasteiger partial charge >= 0.3 is 0 Å². The van der Waals surface area contributed by atoms with Crippen molar-refractivity contribution < 1.29 is 4.39 Å². The number of nitrogens with zero attached hydrogens (tertiary/aromatic N) is 2. The molecule has 1 saturated heterocycles. The summed E-state index contributed by atoms with van der Waals surface area (Å²) < 4.78 is 14.0. The fraction of sp³-hybridized carbons (Fsp3) is 0.458. The number of likely N-dealkylation sites (tertiary alicyclic amines) is 1. The van der Waals surface area contributed by atoms with E-state index in [1.165, 1.54) is 5.56 Å². The van der Waals surface area contributed by atoms with Crippen LogP contribution < -0.4 is 10.6 Å². The molecule has 2 aromatic carbocycles. The number of guanidine groups is 1. The van der Waals surface area contributed by atoms with Crippen LogP contribution in [0.5, 0.6) is 0 Å². The normalized spacial score (nSPS) is 23.4. The molecule has 2 aromatic rings. The van der Waals surface area contributed by atoms with Crippen LogP contribution in [0.1, 0.15) is 49.3 Å². The molecule has 0 aromatic heterocycles. The number of aliphatic imine (C=N–C) groups is 1. The molecule has 0 radical (unpaired) electrons. The van der Waals surface area contributed by atoms with Crippen molar-refractivity contribution in [2.24, 2.45) is 4.99 Å². The fourth-order valence-electron chi connectivity index (χ4n) is 4.39. The Morgan fingerprint density at radius 3 is 2.37 bits per heavy atom. The molecular formula is C24H32FIN4. The van der Waals surface area contributed by atoms with Gasteiger partial charge in [0.25, 0.3) is 0 Å². The molecule has 2 fully saturated rings. The molecule has 3 atom stereocenters. The molecule has 162 valence electrons. The number of hydrogen-bond donors (Lipinski definition) is 2. The molecule has 4 nitrogen and oxygen atoms in total. The Bertz CT molecular complexity index is 836. The number of halogens is 2. The fourth-order valence-corrected chi connectivity index (χ4v) is 4.39. The minimum absolute atomic E-state index is 0. The molecule has 4 rings (SSSR count). The summed E-state index contributed by atoms with van der Waals surface area (Å²) in [4.78, 5) is 6.96. The Labute approximate surface area is 196 Å². The summed E-state index contributed by atoms with van der Waals surface area (Å²) >= 11 is 0. The van der Waals surface area contributed by atoms with Gasteiger partial charge in [0.2, 0.25) is 0 Å². The zero-order valence-electron chi connectivity index (χ0n) is 17.7. The molecule has 1 aliphatic heterocycles. The molecule has 0 spiro atoms. The highest BCUT2D eigenvalue weighted by Crippen LogP contribution is 2.41. The van der Waals surface area contributed by atoms with E-state index >= 15 is 0 Å². The maximum absolute atomic E-state index is 14.0. The van der Waals surface area contributed by atoms with Crippen LogP contribution in [-0.4, -0.2) is 43.1 Å². The molecule has 30 heavy (non-hydrogen) atoms. The Morgan fingerprint density at radius 2 is 1.70 bits per heavy atom. The first kappa shape index (κ1) is 23.0. The molecule has 2 N–H and O–H groups in total. The van der Waals surface area contributed by atoms with Crippen LogP contribution in [0.4, 0.5) is 4.39 Å². The second kappa shape index (κ2) is 10.6. The van der Waals surface area contributed by atoms with Gasteiger partial charge in [0.1, 0.15) is 5.82 Å². The highest BCUT2D eigenvalue weighted by atomic mass is 127. The zero-order chi connectivity index (χ0) is 20.2. The van der Waals surface area contributed by atoms with E-state index in [1.807, 2.05) is 19.2 Å². The van der Waals surface area contributed by atoms with Crippen LogP contribution in [0.25, 0.3) is 0 Å². The molecule has 2 aliphatic rings. The van der Waals surface area contributed by atoms with E-state index in [9.17, 15) is 4.39 Å². The number of rotatable bonds is 5. The predicted molar refractivity (Wildman–Crippen MR) is 132 cm³/mol. The first-order valence-electron chi connectivity index (χ1n) is 10.7. The summed E-state index contributed by atoms with van der Waals surface area (Å²) in [6.07, 6.45) is 3.15. The van der Waals surface area contributed by atoms with Crippen LogP contribution >= 0.6 is 24.0 Å². The van der Waals surface area contributed by atoms with Crippen molar-refractivity contribution in [2.45, 2.75) is 50.2 Å². The van der Waals surface area contributed by atoms with Gasteiger partial charge in [-0.1, -0.05) is 48.5 Å². The van der Waals surface area contributed by atoms with Crippen molar-refractivity contribution in [3.8, 4) is 0 Å². The highest BCUT2D eigenvalue weighted by Gasteiger charge is 2.40. The van der Waals surface area contributed by atoms with Gasteiger partial charge in [0.15, 0.2) is 5.96 Å². The Balaban J connectivity index is 0.00000256. The quantitative estimate of drug-likeness (QED) is 0.340. The van der Waals surface area contributed by atoms with Gasteiger partial charge in [-0.25, -0.2) is 4.39 Å². The zero-order valence-corrected chi connectivity index (χ0v) is 20.1. The lowest BCUT2D eigenvalue weighted by Crippen LogP contribution is -2.49. The summed E-state index contributed by atoms with van der Waals surface area (Å²) in [5.41, 5.74) is 2.19. The molecule has 3 unspecified atom stereocenters. The first-order chi connectivity index (χ1) is 14.2. The minimum Gasteiger partial charge on any atom is -0.354 e. The van der Waals surface area contributed by atoms with Crippen LogP contribution in [-0.2, 0) is 0 Å². The Morgan fingerprint density at radius 1 is 1.03 bits per heavy atom. The summed E-state index contributed by atoms with van der Waals surface area (Å²) in [7, 11) is 1.81. The minimum atomic E-state index is -0.107. The maximum Gasteiger partial charge on any atom is 0.191 e. The van der Waals surface area contributed by atoms with Crippen molar-refractivity contribution in [3.63, 3.8) is 0 Å². The summed E-state index contributed by atoms with van der Waals surface area (Å²) in [5, 5.41) is 7.06. The van der Waals surface area contributed by atoms with Gasteiger partial charge in [-0.15, -0.1) is 24.0 Å². The lowest BCUT2D eigenvalue weighted by atomic mass is 10.0. The lowest BCUT2D eigenvalue weighted by Gasteiger charge is -2.37. The number of piperidine rings is 1. The van der Waals surface area contributed by atoms with E-state index in [0.29, 0.717) is 12.1 Å². The average Bonchev–Trinajstić information content (AvgIpc) is 3.53. The van der Waals surface area contributed by atoms with Gasteiger partial charge in [-0.3, -0.25) is 9.89 Å². The van der Waals surface area contributed by atoms with E-state index in [2.05, 4.69) is 57.8 Å². The third-order valence-corrected chi connectivity index (χ3v) is 6.34. The van der Waals surface area contributed by atoms with Gasteiger partial charge < -0.3 is 10.6 Å². The van der Waals surface area contributed by atoms with Gasteiger partial charge in [0.05, 0.1) is 0 Å². The van der Waals surface area contributed by atoms with E-state index in [-0.39, 0.29) is 41.8 Å². The number of benzene rings is 2. The summed E-state index contributed by atoms with van der Waals surface area (Å²) in [6.45, 7) is 4.44. The maximum atomic E-state index is 14.0. The van der Waals surface area contributed by atoms with Crippen molar-refractivity contribution in [1.29, 1.82) is 0 Å². The van der Waals surface area contributed by atoms with Crippen LogP contribution in [0.15, 0.2) is 59.6 Å². The molecule has 1 aliphatic carbocycles. The predicted octanol–water partition coefficient (Wildman–Crippen LogP) is 4.69. The van der Waals surface area contributed by atoms with E-state index in [4.69, 9.17) is 0 Å². The highest BCUT2D eigenvalue weighted by molar-refractivity contribution is 14.0. The number of nitrogens with one attached hydrogen (secondary N) is 2. The Kier molecular flexibility index (Phi) is 8.11. The molecule has 6 heteroatoms. The van der Waals surface area contributed by atoms with Crippen LogP contribution in [0, 0.1) is 5.82 Å². The van der Waals surface area contributed by atoms with Gasteiger partial charge in [-0.05, 0) is 43.4 Å². The first-order valence-corrected chi connectivity index (χ1v) is 10.7. The third-order valence-electron chi connectivity index (χ3n) is 6.34. The largest absolute Gasteiger partial charge is 0.354 e. The summed E-state index contributed by atoms with van der Waals surface area (Å²) in [5.74, 6) is 0.969. The standard InChI is InChI=1S/C24H31FN4.HI/c1-17(18-8-4-3-5-9-18)29-14-12-19(13-15-29)27-24(26-2)28-23-16-21(23)20-10-6-7-11-22(20)25;/h3-11,17,19,21,23H,12-16H2,1-2H3,(H2,26,27,28);1H. The van der Waals surface area contributed by atoms with Gasteiger partial charge in [0, 0.05) is 44.2 Å². The topological polar surface area (TPSA) is 39.7 Å². The molecular weight excluding hydrogens is 490 g/mol. The van der Waals surface area contributed by atoms with E-state index in [0.717, 1.165) is 43.9 Å². The third kappa shape index (κ3) is 5.52. The van der Waals surface area contributed by atoms with Crippen molar-refractivity contribution in [3.05, 3.63) is 71.5 Å². The molecule has 1 saturated carbocycles. The smallest absolute Gasteiger partial charge is 0.191 e. The van der Waals surface area contributed by atoms with Crippen molar-refractivity contribution in [2.75, 3.05) is 20.1 Å². The van der Waals surface area contributed by atoms with Crippen LogP contribution in [0.2, 0.25) is 0 Å². The summed E-state index contributed by atoms with van der Waals surface area (Å²) in [6, 6.07) is 18.9. The van der Waals surface area contributed by atoms with Crippen molar-refractivity contribution in [1.82, 2.24) is 15.5 Å². The molecule has 0 amide bonds. The second-order valence-corrected chi connectivity index (χ2v) is 8.23. The van der Waals surface area contributed by atoms with Gasteiger partial charge in [-0.2, -0.15) is 0 Å². The second-order valence-electron chi connectivity index (χ2n) is 8.23. The van der Waals surface area contributed by atoms with Crippen LogP contribution in [0.3, 0.4) is 0 Å². The average molecular weight is 522 g/mol. The van der Waals surface area contributed by atoms with E-state index < -0.39 is 0 Å². The van der Waals surface area contributed by atoms with E-state index in [1.54, 1.807) is 12.1 Å². The monoisotopic (exact) mass is 522 g/mol. The lowest BCUT2D eigenvalue weighted by molar-refractivity contribution is 0.158. The molecule has 0 bridgehead atoms. The van der Waals surface area contributed by atoms with Crippen molar-refractivity contribution >= 4 is 29.9 Å². The molecule has 1 heterocycles.